The lowest BCUT2D eigenvalue weighted by molar-refractivity contribution is 0.0512. The topological polar surface area (TPSA) is 57.0 Å². The fourth-order valence-electron chi connectivity index (χ4n) is 1.05. The van der Waals surface area contributed by atoms with E-state index in [2.05, 4.69) is 10.3 Å². The maximum absolute atomic E-state index is 11.6. The number of nitrogens with zero attached hydrogens (tertiary/aromatic N) is 3. The lowest BCUT2D eigenvalue weighted by Gasteiger charge is -2.09. The van der Waals surface area contributed by atoms with E-state index < -0.39 is 6.10 Å². The molecule has 13 heavy (non-hydrogen) atoms. The summed E-state index contributed by atoms with van der Waals surface area (Å²) in [6.45, 7) is 4.10. The Hall–Kier alpha value is -1.23. The van der Waals surface area contributed by atoms with Gasteiger partial charge in [-0.25, -0.2) is 4.68 Å². The van der Waals surface area contributed by atoms with Gasteiger partial charge in [0, 0.05) is 13.7 Å². The minimum absolute atomic E-state index is 0.0886. The summed E-state index contributed by atoms with van der Waals surface area (Å²) in [5.41, 5.74) is 0.473. The second-order valence-corrected chi connectivity index (χ2v) is 2.70. The second-order valence-electron chi connectivity index (χ2n) is 2.70. The standard InChI is InChI=1S/C8H13N3O2/c1-4-13-6(2)8(12)7-5-9-10-11(7)3/h5-6H,4H2,1-3H3. The molecule has 0 bridgehead atoms. The Morgan fingerprint density at radius 3 is 2.92 bits per heavy atom. The van der Waals surface area contributed by atoms with E-state index in [9.17, 15) is 4.79 Å². The van der Waals surface area contributed by atoms with Crippen LogP contribution in [0.5, 0.6) is 0 Å². The van der Waals surface area contributed by atoms with E-state index in [1.165, 1.54) is 10.9 Å². The summed E-state index contributed by atoms with van der Waals surface area (Å²) >= 11 is 0. The van der Waals surface area contributed by atoms with Gasteiger partial charge in [0.05, 0.1) is 6.20 Å². The minimum Gasteiger partial charge on any atom is -0.371 e. The van der Waals surface area contributed by atoms with Crippen LogP contribution in [-0.4, -0.2) is 33.5 Å². The van der Waals surface area contributed by atoms with Gasteiger partial charge in [-0.05, 0) is 13.8 Å². The third-order valence-electron chi connectivity index (χ3n) is 1.75. The molecular formula is C8H13N3O2. The van der Waals surface area contributed by atoms with Crippen LogP contribution in [0.15, 0.2) is 6.20 Å². The van der Waals surface area contributed by atoms with Crippen molar-refractivity contribution in [3.8, 4) is 0 Å². The zero-order chi connectivity index (χ0) is 9.84. The first-order chi connectivity index (χ1) is 6.16. The zero-order valence-electron chi connectivity index (χ0n) is 8.02. The van der Waals surface area contributed by atoms with E-state index in [1.807, 2.05) is 6.92 Å². The van der Waals surface area contributed by atoms with Crippen LogP contribution in [0, 0.1) is 0 Å². The highest BCUT2D eigenvalue weighted by Crippen LogP contribution is 2.02. The summed E-state index contributed by atoms with van der Waals surface area (Å²) in [6.07, 6.45) is 1.01. The third kappa shape index (κ3) is 2.12. The first-order valence-electron chi connectivity index (χ1n) is 4.17. The number of ketones is 1. The average Bonchev–Trinajstić information content (AvgIpc) is 2.50. The highest BCUT2D eigenvalue weighted by Gasteiger charge is 2.18. The molecule has 5 heteroatoms. The molecule has 1 aromatic heterocycles. The molecule has 0 N–H and O–H groups in total. The van der Waals surface area contributed by atoms with Gasteiger partial charge in [-0.3, -0.25) is 4.79 Å². The van der Waals surface area contributed by atoms with Gasteiger partial charge >= 0.3 is 0 Å². The molecule has 72 valence electrons. The summed E-state index contributed by atoms with van der Waals surface area (Å²) < 4.78 is 6.61. The monoisotopic (exact) mass is 183 g/mol. The van der Waals surface area contributed by atoms with Crippen LogP contribution in [0.4, 0.5) is 0 Å². The Kier molecular flexibility index (Phi) is 3.13. The molecule has 5 nitrogen and oxygen atoms in total. The van der Waals surface area contributed by atoms with Gasteiger partial charge in [0.15, 0.2) is 0 Å². The summed E-state index contributed by atoms with van der Waals surface area (Å²) in [5, 5.41) is 7.29. The summed E-state index contributed by atoms with van der Waals surface area (Å²) in [6, 6.07) is 0. The van der Waals surface area contributed by atoms with Crippen molar-refractivity contribution in [2.45, 2.75) is 20.0 Å². The van der Waals surface area contributed by atoms with Crippen LogP contribution in [-0.2, 0) is 11.8 Å². The van der Waals surface area contributed by atoms with Gasteiger partial charge in [-0.2, -0.15) is 0 Å². The van der Waals surface area contributed by atoms with E-state index in [-0.39, 0.29) is 5.78 Å². The van der Waals surface area contributed by atoms with Gasteiger partial charge in [0.1, 0.15) is 11.8 Å². The zero-order valence-corrected chi connectivity index (χ0v) is 8.02. The highest BCUT2D eigenvalue weighted by molar-refractivity contribution is 5.97. The number of hydrogen-bond donors (Lipinski definition) is 0. The Labute approximate surface area is 76.7 Å². The minimum atomic E-state index is -0.429. The molecule has 0 saturated heterocycles. The summed E-state index contributed by atoms with van der Waals surface area (Å²) in [7, 11) is 1.68. The van der Waals surface area contributed by atoms with E-state index in [1.54, 1.807) is 14.0 Å². The predicted molar refractivity (Wildman–Crippen MR) is 46.4 cm³/mol. The highest BCUT2D eigenvalue weighted by atomic mass is 16.5. The number of hydrogen-bond acceptors (Lipinski definition) is 4. The normalized spacial score (nSPS) is 12.8. The van der Waals surface area contributed by atoms with Crippen molar-refractivity contribution >= 4 is 5.78 Å². The fourth-order valence-corrected chi connectivity index (χ4v) is 1.05. The van der Waals surface area contributed by atoms with E-state index in [0.29, 0.717) is 12.3 Å². The van der Waals surface area contributed by atoms with E-state index in [0.717, 1.165) is 0 Å². The van der Waals surface area contributed by atoms with Crippen LogP contribution in [0.25, 0.3) is 0 Å². The maximum atomic E-state index is 11.6. The number of Topliss-reactive ketones (excluding diaryl/α,β-unsaturated/α-hetero) is 1. The molecule has 0 aromatic carbocycles. The first kappa shape index (κ1) is 9.85. The number of aryl methyl sites for hydroxylation is 1. The number of ether oxygens (including phenoxy) is 1. The second kappa shape index (κ2) is 4.13. The van der Waals surface area contributed by atoms with Crippen molar-refractivity contribution in [1.82, 2.24) is 15.0 Å². The van der Waals surface area contributed by atoms with Crippen LogP contribution in [0.2, 0.25) is 0 Å². The van der Waals surface area contributed by atoms with Crippen LogP contribution in [0.1, 0.15) is 24.3 Å². The Morgan fingerprint density at radius 2 is 2.46 bits per heavy atom. The average molecular weight is 183 g/mol. The first-order valence-corrected chi connectivity index (χ1v) is 4.17. The quantitative estimate of drug-likeness (QED) is 0.635. The van der Waals surface area contributed by atoms with Gasteiger partial charge in [-0.1, -0.05) is 5.21 Å². The van der Waals surface area contributed by atoms with Crippen molar-refractivity contribution in [1.29, 1.82) is 0 Å². The van der Waals surface area contributed by atoms with Crippen molar-refractivity contribution in [2.75, 3.05) is 6.61 Å². The van der Waals surface area contributed by atoms with Gasteiger partial charge in [0.2, 0.25) is 5.78 Å². The number of aromatic nitrogens is 3. The smallest absolute Gasteiger partial charge is 0.210 e. The third-order valence-corrected chi connectivity index (χ3v) is 1.75. The molecule has 0 spiro atoms. The van der Waals surface area contributed by atoms with Gasteiger partial charge < -0.3 is 4.74 Å². The molecule has 0 radical (unpaired) electrons. The lowest BCUT2D eigenvalue weighted by atomic mass is 10.2. The van der Waals surface area contributed by atoms with E-state index in [4.69, 9.17) is 4.74 Å². The molecular weight excluding hydrogens is 170 g/mol. The van der Waals surface area contributed by atoms with Gasteiger partial charge in [-0.15, -0.1) is 5.10 Å². The maximum Gasteiger partial charge on any atom is 0.210 e. The number of rotatable bonds is 4. The number of carbonyl (C=O) groups excluding carboxylic acids is 1. The molecule has 1 rings (SSSR count). The van der Waals surface area contributed by atoms with Crippen molar-refractivity contribution in [3.63, 3.8) is 0 Å². The lowest BCUT2D eigenvalue weighted by Crippen LogP contribution is -2.23. The molecule has 0 fully saturated rings. The number of carbonyl (C=O) groups is 1. The molecule has 1 unspecified atom stereocenters. The molecule has 0 aliphatic carbocycles. The molecule has 0 amide bonds. The van der Waals surface area contributed by atoms with E-state index >= 15 is 0 Å². The molecule has 0 aliphatic heterocycles. The molecule has 1 aromatic rings. The Bertz CT molecular complexity index is 295. The van der Waals surface area contributed by atoms with Crippen molar-refractivity contribution in [2.24, 2.45) is 7.05 Å². The fraction of sp³-hybridized carbons (Fsp3) is 0.625. The SMILES string of the molecule is CCOC(C)C(=O)c1cnnn1C. The Morgan fingerprint density at radius 1 is 1.77 bits per heavy atom. The van der Waals surface area contributed by atoms with Crippen LogP contribution >= 0.6 is 0 Å². The molecule has 0 aliphatic rings. The van der Waals surface area contributed by atoms with Gasteiger partial charge in [0.25, 0.3) is 0 Å². The predicted octanol–water partition coefficient (Wildman–Crippen LogP) is 0.423. The summed E-state index contributed by atoms with van der Waals surface area (Å²) in [5.74, 6) is -0.0886. The van der Waals surface area contributed by atoms with Crippen LogP contribution < -0.4 is 0 Å². The largest absolute Gasteiger partial charge is 0.371 e. The summed E-state index contributed by atoms with van der Waals surface area (Å²) in [4.78, 5) is 11.6. The van der Waals surface area contributed by atoms with Crippen molar-refractivity contribution in [3.05, 3.63) is 11.9 Å². The molecule has 1 heterocycles. The van der Waals surface area contributed by atoms with Crippen LogP contribution in [0.3, 0.4) is 0 Å². The molecule has 1 atom stereocenters. The molecule has 0 saturated carbocycles. The Balaban J connectivity index is 2.73. The van der Waals surface area contributed by atoms with Crippen molar-refractivity contribution < 1.29 is 9.53 Å².